The Balaban J connectivity index is 1.53. The molecule has 6 nitrogen and oxygen atoms in total. The number of ketones is 1. The van der Waals surface area contributed by atoms with Crippen LogP contribution in [0.3, 0.4) is 0 Å². The fourth-order valence-electron chi connectivity index (χ4n) is 3.84. The number of aliphatic carboxylic acids is 1. The summed E-state index contributed by atoms with van der Waals surface area (Å²) in [5.74, 6) is 3.87. The maximum absolute atomic E-state index is 12.8. The zero-order chi connectivity index (χ0) is 26.5. The van der Waals surface area contributed by atoms with Crippen LogP contribution in [0.4, 0.5) is 4.79 Å². The van der Waals surface area contributed by atoms with Gasteiger partial charge in [-0.3, -0.25) is 9.59 Å². The molecule has 1 N–H and O–H groups in total. The monoisotopic (exact) mass is 498 g/mol. The molecule has 0 aliphatic rings. The number of benzene rings is 3. The molecule has 0 radical (unpaired) electrons. The second-order valence-electron chi connectivity index (χ2n) is 8.47. The van der Waals surface area contributed by atoms with Gasteiger partial charge < -0.3 is 14.6 Å². The van der Waals surface area contributed by atoms with Crippen molar-refractivity contribution in [3.63, 3.8) is 0 Å². The summed E-state index contributed by atoms with van der Waals surface area (Å²) in [7, 11) is 0. The van der Waals surface area contributed by atoms with Gasteiger partial charge in [0.25, 0.3) is 0 Å². The third kappa shape index (κ3) is 8.97. The lowest BCUT2D eigenvalue weighted by atomic mass is 9.92. The van der Waals surface area contributed by atoms with Gasteiger partial charge in [0.1, 0.15) is 0 Å². The first-order valence-electron chi connectivity index (χ1n) is 12.2. The first-order valence-corrected chi connectivity index (χ1v) is 12.2. The SMILES string of the molecule is CCOC(=O)OCC#Cc1ccc(-c2ccc(C(=O)CC(CCCc3ccccc3)C(=O)O)cc2)cc1. The molecule has 0 saturated heterocycles. The molecule has 0 aromatic heterocycles. The lowest BCUT2D eigenvalue weighted by Gasteiger charge is -2.12. The van der Waals surface area contributed by atoms with Gasteiger partial charge in [-0.25, -0.2) is 4.79 Å². The van der Waals surface area contributed by atoms with Gasteiger partial charge in [-0.1, -0.05) is 78.6 Å². The Morgan fingerprint density at radius 2 is 1.51 bits per heavy atom. The number of rotatable bonds is 11. The highest BCUT2D eigenvalue weighted by atomic mass is 16.7. The summed E-state index contributed by atoms with van der Waals surface area (Å²) in [6.45, 7) is 1.90. The quantitative estimate of drug-likeness (QED) is 0.193. The Morgan fingerprint density at radius 3 is 2.14 bits per heavy atom. The van der Waals surface area contributed by atoms with Crippen LogP contribution >= 0.6 is 0 Å². The first-order chi connectivity index (χ1) is 18.0. The number of Topliss-reactive ketones (excluding diaryl/α,β-unsaturated/α-hetero) is 1. The molecule has 1 unspecified atom stereocenters. The van der Waals surface area contributed by atoms with Crippen LogP contribution in [0.15, 0.2) is 78.9 Å². The van der Waals surface area contributed by atoms with Gasteiger partial charge in [0.05, 0.1) is 12.5 Å². The molecular formula is C31H30O6. The molecule has 0 amide bonds. The van der Waals surface area contributed by atoms with E-state index in [-0.39, 0.29) is 25.4 Å². The molecule has 0 saturated carbocycles. The van der Waals surface area contributed by atoms with E-state index in [0.717, 1.165) is 28.7 Å². The number of carboxylic acids is 1. The van der Waals surface area contributed by atoms with Crippen molar-refractivity contribution in [2.75, 3.05) is 13.2 Å². The van der Waals surface area contributed by atoms with Crippen molar-refractivity contribution in [2.45, 2.75) is 32.6 Å². The van der Waals surface area contributed by atoms with Crippen molar-refractivity contribution in [2.24, 2.45) is 5.92 Å². The van der Waals surface area contributed by atoms with Crippen molar-refractivity contribution in [3.05, 3.63) is 95.6 Å². The van der Waals surface area contributed by atoms with E-state index in [0.29, 0.717) is 18.4 Å². The van der Waals surface area contributed by atoms with Crippen molar-refractivity contribution in [1.29, 1.82) is 0 Å². The average molecular weight is 499 g/mol. The summed E-state index contributed by atoms with van der Waals surface area (Å²) in [4.78, 5) is 35.6. The highest BCUT2D eigenvalue weighted by Crippen LogP contribution is 2.22. The van der Waals surface area contributed by atoms with Crippen molar-refractivity contribution in [3.8, 4) is 23.0 Å². The Bertz CT molecular complexity index is 1230. The molecule has 3 rings (SSSR count). The Kier molecular flexibility index (Phi) is 10.5. The summed E-state index contributed by atoms with van der Waals surface area (Å²) < 4.78 is 9.47. The number of hydrogen-bond acceptors (Lipinski definition) is 5. The zero-order valence-electron chi connectivity index (χ0n) is 20.8. The molecule has 1 atom stereocenters. The van der Waals surface area contributed by atoms with E-state index >= 15 is 0 Å². The van der Waals surface area contributed by atoms with Crippen LogP contribution in [0.1, 0.15) is 47.7 Å². The number of ether oxygens (including phenoxy) is 2. The van der Waals surface area contributed by atoms with Crippen molar-refractivity contribution >= 4 is 17.9 Å². The molecule has 0 aliphatic heterocycles. The molecule has 0 bridgehead atoms. The van der Waals surface area contributed by atoms with Crippen LogP contribution in [-0.4, -0.2) is 36.2 Å². The van der Waals surface area contributed by atoms with Crippen LogP contribution in [0.25, 0.3) is 11.1 Å². The fraction of sp³-hybridized carbons (Fsp3) is 0.258. The lowest BCUT2D eigenvalue weighted by Crippen LogP contribution is -2.18. The normalized spacial score (nSPS) is 11.1. The van der Waals surface area contributed by atoms with Gasteiger partial charge in [0.2, 0.25) is 0 Å². The third-order valence-electron chi connectivity index (χ3n) is 5.82. The number of carbonyl (C=O) groups is 3. The van der Waals surface area contributed by atoms with Crippen molar-refractivity contribution in [1.82, 2.24) is 0 Å². The summed E-state index contributed by atoms with van der Waals surface area (Å²) >= 11 is 0. The van der Waals surface area contributed by atoms with E-state index < -0.39 is 18.0 Å². The second-order valence-corrected chi connectivity index (χ2v) is 8.47. The molecule has 3 aromatic rings. The topological polar surface area (TPSA) is 89.9 Å². The van der Waals surface area contributed by atoms with E-state index in [4.69, 9.17) is 4.74 Å². The summed E-state index contributed by atoms with van der Waals surface area (Å²) in [6, 6.07) is 24.7. The Morgan fingerprint density at radius 1 is 0.865 bits per heavy atom. The third-order valence-corrected chi connectivity index (χ3v) is 5.82. The van der Waals surface area contributed by atoms with Crippen LogP contribution in [-0.2, 0) is 20.7 Å². The van der Waals surface area contributed by atoms with Crippen LogP contribution in [0.2, 0.25) is 0 Å². The zero-order valence-corrected chi connectivity index (χ0v) is 20.8. The minimum atomic E-state index is -0.936. The average Bonchev–Trinajstić information content (AvgIpc) is 2.91. The Labute approximate surface area is 217 Å². The maximum Gasteiger partial charge on any atom is 0.509 e. The molecule has 0 fully saturated rings. The minimum Gasteiger partial charge on any atom is -0.481 e. The van der Waals surface area contributed by atoms with Gasteiger partial charge in [0.15, 0.2) is 12.4 Å². The number of carboxylic acid groups (broad SMARTS) is 1. The van der Waals surface area contributed by atoms with E-state index in [9.17, 15) is 19.5 Å². The molecule has 6 heteroatoms. The molecule has 190 valence electrons. The number of aryl methyl sites for hydroxylation is 1. The lowest BCUT2D eigenvalue weighted by molar-refractivity contribution is -0.141. The fourth-order valence-corrected chi connectivity index (χ4v) is 3.84. The summed E-state index contributed by atoms with van der Waals surface area (Å²) in [5.41, 5.74) is 4.32. The minimum absolute atomic E-state index is 0.0171. The highest BCUT2D eigenvalue weighted by molar-refractivity contribution is 5.98. The van der Waals surface area contributed by atoms with Gasteiger partial charge in [-0.15, -0.1) is 0 Å². The predicted molar refractivity (Wildman–Crippen MR) is 141 cm³/mol. The van der Waals surface area contributed by atoms with Gasteiger partial charge in [-0.05, 0) is 55.0 Å². The highest BCUT2D eigenvalue weighted by Gasteiger charge is 2.21. The molecule has 0 aliphatic carbocycles. The Hall–Kier alpha value is -4.37. The number of carbonyl (C=O) groups excluding carboxylic acids is 2. The summed E-state index contributed by atoms with van der Waals surface area (Å²) in [5, 5.41) is 9.61. The van der Waals surface area contributed by atoms with Crippen LogP contribution < -0.4 is 0 Å². The van der Waals surface area contributed by atoms with E-state index in [2.05, 4.69) is 16.6 Å². The smallest absolute Gasteiger partial charge is 0.481 e. The van der Waals surface area contributed by atoms with Crippen LogP contribution in [0.5, 0.6) is 0 Å². The largest absolute Gasteiger partial charge is 0.509 e. The number of hydrogen-bond donors (Lipinski definition) is 1. The summed E-state index contributed by atoms with van der Waals surface area (Å²) in [6.07, 6.45) is 1.20. The van der Waals surface area contributed by atoms with Gasteiger partial charge >= 0.3 is 12.1 Å². The molecule has 0 heterocycles. The maximum atomic E-state index is 12.8. The molecule has 3 aromatic carbocycles. The molecule has 37 heavy (non-hydrogen) atoms. The van der Waals surface area contributed by atoms with Gasteiger partial charge in [0, 0.05) is 17.5 Å². The van der Waals surface area contributed by atoms with Crippen molar-refractivity contribution < 1.29 is 29.0 Å². The van der Waals surface area contributed by atoms with E-state index in [1.54, 1.807) is 19.1 Å². The van der Waals surface area contributed by atoms with Gasteiger partial charge in [-0.2, -0.15) is 0 Å². The predicted octanol–water partition coefficient (Wildman–Crippen LogP) is 6.17. The second kappa shape index (κ2) is 14.3. The van der Waals surface area contributed by atoms with E-state index in [1.165, 1.54) is 0 Å². The van der Waals surface area contributed by atoms with E-state index in [1.807, 2.05) is 66.7 Å². The first kappa shape index (κ1) is 27.2. The molecule has 0 spiro atoms. The molecular weight excluding hydrogens is 468 g/mol. The standard InChI is InChI=1S/C31H30O6/c1-2-36-31(35)37-21-7-11-24-13-15-25(16-14-24)26-17-19-27(20-18-26)29(32)22-28(30(33)34)12-6-10-23-8-4-3-5-9-23/h3-5,8-9,13-20,28H,2,6,10,12,21-22H2,1H3,(H,33,34). The van der Waals surface area contributed by atoms with Crippen LogP contribution in [0, 0.1) is 17.8 Å².